The molecule has 3 rings (SSSR count). The Bertz CT molecular complexity index is 1200. The molecule has 1 heterocycles. The molecule has 0 saturated carbocycles. The largest absolute Gasteiger partial charge is 0.310 e. The van der Waals surface area contributed by atoms with Crippen molar-refractivity contribution in [3.63, 3.8) is 0 Å². The zero-order chi connectivity index (χ0) is 22.3. The molecule has 0 radical (unpaired) electrons. The molecule has 2 aromatic rings. The quantitative estimate of drug-likeness (QED) is 0.586. The minimum atomic E-state index is -3.69. The van der Waals surface area contributed by atoms with E-state index < -0.39 is 20.0 Å². The Morgan fingerprint density at radius 1 is 1.10 bits per heavy atom. The molecular formula is C19H22BrN3O5S2. The molecule has 0 bridgehead atoms. The molecule has 0 spiro atoms. The van der Waals surface area contributed by atoms with Gasteiger partial charge in [0.25, 0.3) is 0 Å². The van der Waals surface area contributed by atoms with Crippen LogP contribution in [0.5, 0.6) is 0 Å². The highest BCUT2D eigenvalue weighted by molar-refractivity contribution is 9.10. The van der Waals surface area contributed by atoms with Gasteiger partial charge in [0.05, 0.1) is 16.8 Å². The number of halogens is 1. The van der Waals surface area contributed by atoms with E-state index >= 15 is 0 Å². The smallest absolute Gasteiger partial charge is 0.247 e. The number of nitrogens with zero attached hydrogens (tertiary/aromatic N) is 3. The molecule has 0 atom stereocenters. The van der Waals surface area contributed by atoms with Gasteiger partial charge in [0.1, 0.15) is 6.54 Å². The van der Waals surface area contributed by atoms with Gasteiger partial charge in [0.2, 0.25) is 26.0 Å². The first-order valence-electron chi connectivity index (χ1n) is 9.00. The molecule has 2 aromatic carbocycles. The van der Waals surface area contributed by atoms with Gasteiger partial charge >= 0.3 is 0 Å². The topological polar surface area (TPSA) is 95.1 Å². The molecule has 1 amide bonds. The Labute approximate surface area is 185 Å². The van der Waals surface area contributed by atoms with Crippen LogP contribution in [0, 0.1) is 0 Å². The lowest BCUT2D eigenvalue weighted by molar-refractivity contribution is -0.117. The maximum Gasteiger partial charge on any atom is 0.247 e. The van der Waals surface area contributed by atoms with Crippen LogP contribution in [0.2, 0.25) is 0 Å². The van der Waals surface area contributed by atoms with Crippen molar-refractivity contribution in [3.8, 4) is 0 Å². The highest BCUT2D eigenvalue weighted by Crippen LogP contribution is 2.31. The summed E-state index contributed by atoms with van der Waals surface area (Å²) in [7, 11) is -4.35. The molecule has 0 saturated heterocycles. The number of hydrogen-bond acceptors (Lipinski definition) is 5. The van der Waals surface area contributed by atoms with E-state index in [1.807, 2.05) is 0 Å². The van der Waals surface area contributed by atoms with Crippen LogP contribution in [0.3, 0.4) is 0 Å². The summed E-state index contributed by atoms with van der Waals surface area (Å²) in [6, 6.07) is 11.3. The number of carbonyl (C=O) groups is 1. The second-order valence-electron chi connectivity index (χ2n) is 7.12. The standard InChI is InChI=1S/C19H22BrN3O5S2/c1-21(2)30(27,28)17-7-8-18-14(11-17)9-10-22(18)19(24)13-23(29(3,25)26)16-6-4-5-15(20)12-16/h4-8,11-12H,9-10,13H2,1-3H3. The van der Waals surface area contributed by atoms with Crippen molar-refractivity contribution >= 4 is 53.3 Å². The van der Waals surface area contributed by atoms with Crippen LogP contribution in [-0.2, 0) is 31.3 Å². The van der Waals surface area contributed by atoms with Crippen LogP contribution in [0.1, 0.15) is 5.56 Å². The SMILES string of the molecule is CN(C)S(=O)(=O)c1ccc2c(c1)CCN2C(=O)CN(c1cccc(Br)c1)S(C)(=O)=O. The first-order valence-corrected chi connectivity index (χ1v) is 13.1. The second-order valence-corrected chi connectivity index (χ2v) is 12.1. The molecule has 0 aromatic heterocycles. The van der Waals surface area contributed by atoms with E-state index in [-0.39, 0.29) is 17.3 Å². The highest BCUT2D eigenvalue weighted by atomic mass is 79.9. The molecular weight excluding hydrogens is 494 g/mol. The van der Waals surface area contributed by atoms with E-state index in [2.05, 4.69) is 15.9 Å². The average molecular weight is 516 g/mol. The molecule has 0 unspecified atom stereocenters. The van der Waals surface area contributed by atoms with Gasteiger partial charge in [-0.3, -0.25) is 9.10 Å². The van der Waals surface area contributed by atoms with E-state index in [9.17, 15) is 21.6 Å². The lowest BCUT2D eigenvalue weighted by Crippen LogP contribution is -2.42. The van der Waals surface area contributed by atoms with Crippen molar-refractivity contribution in [1.29, 1.82) is 0 Å². The van der Waals surface area contributed by atoms with Crippen molar-refractivity contribution in [3.05, 3.63) is 52.5 Å². The Kier molecular flexibility index (Phi) is 6.28. The highest BCUT2D eigenvalue weighted by Gasteiger charge is 2.30. The van der Waals surface area contributed by atoms with Gasteiger partial charge in [-0.05, 0) is 48.4 Å². The van der Waals surface area contributed by atoms with E-state index in [1.54, 1.807) is 36.4 Å². The Morgan fingerprint density at radius 3 is 2.40 bits per heavy atom. The number of amides is 1. The minimum absolute atomic E-state index is 0.160. The molecule has 0 fully saturated rings. The fourth-order valence-electron chi connectivity index (χ4n) is 3.25. The molecule has 1 aliphatic rings. The third-order valence-corrected chi connectivity index (χ3v) is 8.25. The van der Waals surface area contributed by atoms with Crippen LogP contribution in [0.4, 0.5) is 11.4 Å². The fourth-order valence-corrected chi connectivity index (χ4v) is 5.43. The number of benzene rings is 2. The van der Waals surface area contributed by atoms with Crippen LogP contribution >= 0.6 is 15.9 Å². The molecule has 0 N–H and O–H groups in total. The maximum atomic E-state index is 13.0. The summed E-state index contributed by atoms with van der Waals surface area (Å²) in [6.07, 6.45) is 1.55. The Hall–Kier alpha value is -1.95. The number of sulfonamides is 2. The first kappa shape index (κ1) is 22.7. The summed E-state index contributed by atoms with van der Waals surface area (Å²) in [6.45, 7) is 0.00218. The van der Waals surface area contributed by atoms with Crippen molar-refractivity contribution in [2.45, 2.75) is 11.3 Å². The van der Waals surface area contributed by atoms with Crippen molar-refractivity contribution in [2.24, 2.45) is 0 Å². The van der Waals surface area contributed by atoms with Crippen LogP contribution in [0.25, 0.3) is 0 Å². The van der Waals surface area contributed by atoms with E-state index in [0.29, 0.717) is 28.8 Å². The summed E-state index contributed by atoms with van der Waals surface area (Å²) in [4.78, 5) is 14.7. The van der Waals surface area contributed by atoms with E-state index in [0.717, 1.165) is 20.4 Å². The monoisotopic (exact) mass is 515 g/mol. The zero-order valence-corrected chi connectivity index (χ0v) is 20.0. The minimum Gasteiger partial charge on any atom is -0.310 e. The molecule has 1 aliphatic heterocycles. The third kappa shape index (κ3) is 4.53. The van der Waals surface area contributed by atoms with Crippen LogP contribution in [-0.4, -0.2) is 60.5 Å². The Morgan fingerprint density at radius 2 is 1.80 bits per heavy atom. The molecule has 162 valence electrons. The van der Waals surface area contributed by atoms with Crippen molar-refractivity contribution in [1.82, 2.24) is 4.31 Å². The zero-order valence-electron chi connectivity index (χ0n) is 16.7. The van der Waals surface area contributed by atoms with E-state index in [1.165, 1.54) is 25.1 Å². The summed E-state index contributed by atoms with van der Waals surface area (Å²) >= 11 is 3.31. The third-order valence-electron chi connectivity index (χ3n) is 4.80. The number of anilines is 2. The summed E-state index contributed by atoms with van der Waals surface area (Å²) in [5.41, 5.74) is 1.71. The number of fused-ring (bicyclic) bond motifs is 1. The van der Waals surface area contributed by atoms with Gasteiger partial charge in [0.15, 0.2) is 0 Å². The van der Waals surface area contributed by atoms with Gasteiger partial charge in [0, 0.05) is 30.8 Å². The van der Waals surface area contributed by atoms with Gasteiger partial charge in [-0.25, -0.2) is 21.1 Å². The van der Waals surface area contributed by atoms with Gasteiger partial charge in [-0.2, -0.15) is 0 Å². The normalized spacial score (nSPS) is 14.1. The predicted octanol–water partition coefficient (Wildman–Crippen LogP) is 2.05. The predicted molar refractivity (Wildman–Crippen MR) is 120 cm³/mol. The maximum absolute atomic E-state index is 13.0. The molecule has 30 heavy (non-hydrogen) atoms. The first-order chi connectivity index (χ1) is 13.9. The molecule has 8 nitrogen and oxygen atoms in total. The number of carbonyl (C=O) groups excluding carboxylic acids is 1. The second kappa shape index (κ2) is 8.29. The van der Waals surface area contributed by atoms with Crippen LogP contribution in [0.15, 0.2) is 51.8 Å². The lowest BCUT2D eigenvalue weighted by atomic mass is 10.2. The van der Waals surface area contributed by atoms with Crippen molar-refractivity contribution < 1.29 is 21.6 Å². The molecule has 11 heteroatoms. The summed E-state index contributed by atoms with van der Waals surface area (Å²) < 4.78 is 52.3. The van der Waals surface area contributed by atoms with Gasteiger partial charge in [-0.15, -0.1) is 0 Å². The summed E-state index contributed by atoms with van der Waals surface area (Å²) in [5.74, 6) is -0.387. The molecule has 0 aliphatic carbocycles. The van der Waals surface area contributed by atoms with Gasteiger partial charge < -0.3 is 4.90 Å². The fraction of sp³-hybridized carbons (Fsp3) is 0.316. The van der Waals surface area contributed by atoms with Crippen LogP contribution < -0.4 is 9.21 Å². The average Bonchev–Trinajstić information content (AvgIpc) is 3.08. The number of rotatable bonds is 6. The Balaban J connectivity index is 1.89. The number of hydrogen-bond donors (Lipinski definition) is 0. The lowest BCUT2D eigenvalue weighted by Gasteiger charge is -2.25. The van der Waals surface area contributed by atoms with Gasteiger partial charge in [-0.1, -0.05) is 22.0 Å². The summed E-state index contributed by atoms with van der Waals surface area (Å²) in [5, 5.41) is 0. The van der Waals surface area contributed by atoms with Crippen molar-refractivity contribution in [2.75, 3.05) is 42.6 Å². The van der Waals surface area contributed by atoms with E-state index in [4.69, 9.17) is 0 Å².